The van der Waals surface area contributed by atoms with E-state index >= 15 is 0 Å². The number of aliphatic imine (C=N–C) groups is 1. The summed E-state index contributed by atoms with van der Waals surface area (Å²) in [6.07, 6.45) is 0. The summed E-state index contributed by atoms with van der Waals surface area (Å²) in [5.41, 5.74) is 2.64. The maximum Gasteiger partial charge on any atom is 0.167 e. The van der Waals surface area contributed by atoms with Crippen LogP contribution in [0.25, 0.3) is 11.3 Å². The average molecular weight is 244 g/mol. The van der Waals surface area contributed by atoms with Crippen LogP contribution in [0.1, 0.15) is 12.6 Å². The van der Waals surface area contributed by atoms with Gasteiger partial charge in [-0.2, -0.15) is 0 Å². The molecular formula is C14H16N2O2. The first-order valence-electron chi connectivity index (χ1n) is 5.84. The summed E-state index contributed by atoms with van der Waals surface area (Å²) >= 11 is 0. The molecule has 0 saturated carbocycles. The first-order valence-corrected chi connectivity index (χ1v) is 5.84. The maximum absolute atomic E-state index is 5.32. The van der Waals surface area contributed by atoms with E-state index < -0.39 is 0 Å². The van der Waals surface area contributed by atoms with Crippen molar-refractivity contribution in [2.45, 2.75) is 6.92 Å². The molecule has 2 aromatic rings. The van der Waals surface area contributed by atoms with E-state index in [0.717, 1.165) is 22.7 Å². The molecule has 2 rings (SSSR count). The van der Waals surface area contributed by atoms with Crippen LogP contribution in [0.15, 0.2) is 45.9 Å². The van der Waals surface area contributed by atoms with Crippen molar-refractivity contribution in [2.24, 2.45) is 4.99 Å². The van der Waals surface area contributed by atoms with Crippen LogP contribution in [0.4, 0.5) is 0 Å². The lowest BCUT2D eigenvalue weighted by Crippen LogP contribution is -2.00. The largest absolute Gasteiger partial charge is 0.383 e. The molecule has 1 aromatic carbocycles. The van der Waals surface area contributed by atoms with Crippen LogP contribution < -0.4 is 0 Å². The molecular weight excluding hydrogens is 228 g/mol. The van der Waals surface area contributed by atoms with Crippen LogP contribution in [0, 0.1) is 0 Å². The molecule has 1 aromatic heterocycles. The van der Waals surface area contributed by atoms with E-state index in [9.17, 15) is 0 Å². The van der Waals surface area contributed by atoms with E-state index in [4.69, 9.17) is 9.26 Å². The molecule has 0 aliphatic rings. The predicted molar refractivity (Wildman–Crippen MR) is 70.9 cm³/mol. The second kappa shape index (κ2) is 6.12. The van der Waals surface area contributed by atoms with Crippen molar-refractivity contribution in [3.63, 3.8) is 0 Å². The van der Waals surface area contributed by atoms with Gasteiger partial charge in [0.2, 0.25) is 0 Å². The Morgan fingerprint density at radius 3 is 2.83 bits per heavy atom. The summed E-state index contributed by atoms with van der Waals surface area (Å²) in [4.78, 5) is 4.36. The van der Waals surface area contributed by atoms with Gasteiger partial charge in [-0.15, -0.1) is 0 Å². The molecule has 0 N–H and O–H groups in total. The van der Waals surface area contributed by atoms with Crippen molar-refractivity contribution in [2.75, 3.05) is 20.3 Å². The highest BCUT2D eigenvalue weighted by Gasteiger charge is 2.08. The lowest BCUT2D eigenvalue weighted by Gasteiger charge is -1.95. The Labute approximate surface area is 106 Å². The Bertz CT molecular complexity index is 518. The molecule has 18 heavy (non-hydrogen) atoms. The van der Waals surface area contributed by atoms with Gasteiger partial charge >= 0.3 is 0 Å². The number of ether oxygens (including phenoxy) is 1. The summed E-state index contributed by atoms with van der Waals surface area (Å²) < 4.78 is 10.3. The zero-order valence-corrected chi connectivity index (χ0v) is 10.6. The Balaban J connectivity index is 2.13. The fraction of sp³-hybridized carbons (Fsp3) is 0.286. The van der Waals surface area contributed by atoms with E-state index in [1.54, 1.807) is 7.11 Å². The predicted octanol–water partition coefficient (Wildman–Crippen LogP) is 2.80. The van der Waals surface area contributed by atoms with Gasteiger partial charge in [-0.1, -0.05) is 35.5 Å². The molecule has 0 atom stereocenters. The van der Waals surface area contributed by atoms with Crippen molar-refractivity contribution >= 4 is 5.71 Å². The fourth-order valence-electron chi connectivity index (χ4n) is 1.57. The van der Waals surface area contributed by atoms with Crippen molar-refractivity contribution < 1.29 is 9.26 Å². The molecule has 0 aliphatic carbocycles. The normalized spacial score (nSPS) is 11.8. The first-order chi connectivity index (χ1) is 8.81. The third-order valence-corrected chi connectivity index (χ3v) is 2.58. The molecule has 0 bridgehead atoms. The van der Waals surface area contributed by atoms with E-state index in [1.807, 2.05) is 43.3 Å². The molecule has 0 amide bonds. The molecule has 1 heterocycles. The Hall–Kier alpha value is -1.94. The van der Waals surface area contributed by atoms with Crippen LogP contribution in [0.2, 0.25) is 0 Å². The third kappa shape index (κ3) is 3.05. The van der Waals surface area contributed by atoms with Gasteiger partial charge in [-0.25, -0.2) is 0 Å². The van der Waals surface area contributed by atoms with E-state index in [-0.39, 0.29) is 0 Å². The second-order valence-electron chi connectivity index (χ2n) is 3.90. The SMILES string of the molecule is COCCN=C(C)c1cc(-c2ccccc2)on1. The lowest BCUT2D eigenvalue weighted by atomic mass is 10.1. The van der Waals surface area contributed by atoms with Gasteiger partial charge in [0.1, 0.15) is 5.69 Å². The van der Waals surface area contributed by atoms with Crippen molar-refractivity contribution in [3.05, 3.63) is 42.1 Å². The average Bonchev–Trinajstić information content (AvgIpc) is 2.89. The number of rotatable bonds is 5. The summed E-state index contributed by atoms with van der Waals surface area (Å²) in [5, 5.41) is 4.02. The van der Waals surface area contributed by atoms with Gasteiger partial charge in [0.25, 0.3) is 0 Å². The molecule has 4 nitrogen and oxygen atoms in total. The minimum absolute atomic E-state index is 0.612. The molecule has 0 radical (unpaired) electrons. The first kappa shape index (κ1) is 12.5. The van der Waals surface area contributed by atoms with Gasteiger partial charge in [0.05, 0.1) is 18.9 Å². The molecule has 94 valence electrons. The third-order valence-electron chi connectivity index (χ3n) is 2.58. The topological polar surface area (TPSA) is 47.6 Å². The number of nitrogens with zero attached hydrogens (tertiary/aromatic N) is 2. The standard InChI is InChI=1S/C14H16N2O2/c1-11(15-8-9-17-2)13-10-14(18-16-13)12-6-4-3-5-7-12/h3-7,10H,8-9H2,1-2H3. The quantitative estimate of drug-likeness (QED) is 0.600. The fourth-order valence-corrected chi connectivity index (χ4v) is 1.57. The zero-order valence-electron chi connectivity index (χ0n) is 10.6. The molecule has 0 saturated heterocycles. The van der Waals surface area contributed by atoms with E-state index in [0.29, 0.717) is 13.2 Å². The Morgan fingerprint density at radius 1 is 1.33 bits per heavy atom. The highest BCUT2D eigenvalue weighted by atomic mass is 16.5. The van der Waals surface area contributed by atoms with Crippen molar-refractivity contribution in [1.29, 1.82) is 0 Å². The van der Waals surface area contributed by atoms with Crippen molar-refractivity contribution in [3.8, 4) is 11.3 Å². The number of hydrogen-bond acceptors (Lipinski definition) is 4. The maximum atomic E-state index is 5.32. The minimum Gasteiger partial charge on any atom is -0.383 e. The van der Waals surface area contributed by atoms with Crippen LogP contribution in [0.3, 0.4) is 0 Å². The van der Waals surface area contributed by atoms with Crippen molar-refractivity contribution in [1.82, 2.24) is 5.16 Å². The molecule has 0 aliphatic heterocycles. The molecule has 0 spiro atoms. The highest BCUT2D eigenvalue weighted by Crippen LogP contribution is 2.19. The number of hydrogen-bond donors (Lipinski definition) is 0. The van der Waals surface area contributed by atoms with Gasteiger partial charge in [0.15, 0.2) is 5.76 Å². The monoisotopic (exact) mass is 244 g/mol. The van der Waals surface area contributed by atoms with Gasteiger partial charge < -0.3 is 9.26 Å². The molecule has 4 heteroatoms. The zero-order chi connectivity index (χ0) is 12.8. The number of benzene rings is 1. The summed E-state index contributed by atoms with van der Waals surface area (Å²) in [6.45, 7) is 3.17. The van der Waals surface area contributed by atoms with E-state index in [2.05, 4.69) is 10.1 Å². The molecule has 0 fully saturated rings. The summed E-state index contributed by atoms with van der Waals surface area (Å²) in [7, 11) is 1.66. The highest BCUT2D eigenvalue weighted by molar-refractivity contribution is 5.97. The van der Waals surface area contributed by atoms with E-state index in [1.165, 1.54) is 0 Å². The van der Waals surface area contributed by atoms with Gasteiger partial charge in [-0.3, -0.25) is 4.99 Å². The van der Waals surface area contributed by atoms with Crippen LogP contribution in [-0.4, -0.2) is 31.1 Å². The van der Waals surface area contributed by atoms with Crippen LogP contribution >= 0.6 is 0 Å². The Morgan fingerprint density at radius 2 is 2.11 bits per heavy atom. The van der Waals surface area contributed by atoms with Gasteiger partial charge in [-0.05, 0) is 6.92 Å². The summed E-state index contributed by atoms with van der Waals surface area (Å²) in [6, 6.07) is 11.8. The Kier molecular flexibility index (Phi) is 4.25. The summed E-state index contributed by atoms with van der Waals surface area (Å²) in [5.74, 6) is 0.756. The minimum atomic E-state index is 0.612. The number of methoxy groups -OCH3 is 1. The van der Waals surface area contributed by atoms with Crippen LogP contribution in [-0.2, 0) is 4.74 Å². The lowest BCUT2D eigenvalue weighted by molar-refractivity contribution is 0.208. The number of aromatic nitrogens is 1. The van der Waals surface area contributed by atoms with Crippen LogP contribution in [0.5, 0.6) is 0 Å². The second-order valence-corrected chi connectivity index (χ2v) is 3.90. The van der Waals surface area contributed by atoms with Gasteiger partial charge in [0, 0.05) is 18.7 Å². The molecule has 0 unspecified atom stereocenters. The smallest absolute Gasteiger partial charge is 0.167 e.